The summed E-state index contributed by atoms with van der Waals surface area (Å²) in [5.41, 5.74) is -1.49. The predicted octanol–water partition coefficient (Wildman–Crippen LogP) is 1.71. The van der Waals surface area contributed by atoms with Crippen LogP contribution in [-0.4, -0.2) is 27.2 Å². The van der Waals surface area contributed by atoms with Gasteiger partial charge in [0.2, 0.25) is 0 Å². The fraction of sp³-hybridized carbons (Fsp3) is 0.154. The molecule has 17 heavy (non-hydrogen) atoms. The van der Waals surface area contributed by atoms with E-state index in [1.807, 2.05) is 6.07 Å². The van der Waals surface area contributed by atoms with Crippen molar-refractivity contribution in [2.45, 2.75) is 12.0 Å². The molecule has 0 saturated heterocycles. The second-order valence-electron chi connectivity index (χ2n) is 3.64. The summed E-state index contributed by atoms with van der Waals surface area (Å²) >= 11 is 0. The van der Waals surface area contributed by atoms with E-state index in [2.05, 4.69) is 0 Å². The number of carbonyl (C=O) groups excluding carboxylic acids is 1. The van der Waals surface area contributed by atoms with E-state index in [0.29, 0.717) is 12.0 Å². The second-order valence-corrected chi connectivity index (χ2v) is 3.64. The number of benzene rings is 1. The molecule has 3 N–H and O–H groups in total. The van der Waals surface area contributed by atoms with Crippen molar-refractivity contribution in [3.8, 4) is 5.75 Å². The van der Waals surface area contributed by atoms with Gasteiger partial charge in [0.05, 0.1) is 5.76 Å². The molecule has 1 unspecified atom stereocenters. The van der Waals surface area contributed by atoms with Crippen molar-refractivity contribution in [1.29, 1.82) is 0 Å². The van der Waals surface area contributed by atoms with Gasteiger partial charge in [0.25, 0.3) is 0 Å². The van der Waals surface area contributed by atoms with Crippen molar-refractivity contribution >= 4 is 6.29 Å². The molecule has 4 heteroatoms. The normalized spacial score (nSPS) is 22.1. The van der Waals surface area contributed by atoms with Crippen LogP contribution in [0.25, 0.3) is 0 Å². The molecule has 4 nitrogen and oxygen atoms in total. The Labute approximate surface area is 99.2 Å². The first kappa shape index (κ1) is 13.0. The van der Waals surface area contributed by atoms with Crippen LogP contribution in [0.5, 0.6) is 5.75 Å². The molecule has 0 aromatic heterocycles. The van der Waals surface area contributed by atoms with Crippen LogP contribution in [0.4, 0.5) is 0 Å². The number of aromatic hydroxyl groups is 1. The number of rotatable bonds is 1. The molecule has 1 atom stereocenters. The van der Waals surface area contributed by atoms with Crippen LogP contribution in [0.1, 0.15) is 6.42 Å². The maximum atomic E-state index is 10.2. The minimum Gasteiger partial charge on any atom is -0.512 e. The molecule has 0 saturated carbocycles. The number of carbonyl (C=O) groups is 1. The molecule has 0 amide bonds. The quantitative estimate of drug-likeness (QED) is 0.646. The van der Waals surface area contributed by atoms with Crippen LogP contribution >= 0.6 is 0 Å². The number of aliphatic hydroxyl groups excluding tert-OH is 1. The van der Waals surface area contributed by atoms with Gasteiger partial charge in [-0.2, -0.15) is 0 Å². The summed E-state index contributed by atoms with van der Waals surface area (Å²) in [7, 11) is 0. The molecule has 0 heterocycles. The topological polar surface area (TPSA) is 77.8 Å². The monoisotopic (exact) mass is 234 g/mol. The lowest BCUT2D eigenvalue weighted by molar-refractivity contribution is -0.120. The third-order valence-corrected chi connectivity index (χ3v) is 2.10. The third kappa shape index (κ3) is 4.53. The zero-order valence-corrected chi connectivity index (χ0v) is 9.15. The summed E-state index contributed by atoms with van der Waals surface area (Å²) in [4.78, 5) is 10.2. The standard InChI is InChI=1S/C7H8O3.C6H6O/c8-5-7(10)3-1-2-6(9)4-7;7-6-4-2-1-3-5-6/h1-3,5,9-10H,4H2;1-5,7H. The summed E-state index contributed by atoms with van der Waals surface area (Å²) in [6, 6.07) is 8.71. The molecule has 1 aromatic carbocycles. The Morgan fingerprint density at radius 2 is 1.82 bits per heavy atom. The number of phenolic OH excluding ortho intramolecular Hbond substituents is 1. The Bertz CT molecular complexity index is 422. The molecular formula is C13H14O4. The van der Waals surface area contributed by atoms with Crippen molar-refractivity contribution in [2.24, 2.45) is 0 Å². The van der Waals surface area contributed by atoms with Crippen molar-refractivity contribution < 1.29 is 20.1 Å². The fourth-order valence-corrected chi connectivity index (χ4v) is 1.24. The van der Waals surface area contributed by atoms with Gasteiger partial charge in [0, 0.05) is 6.42 Å². The van der Waals surface area contributed by atoms with E-state index in [9.17, 15) is 9.90 Å². The first-order valence-electron chi connectivity index (χ1n) is 5.06. The van der Waals surface area contributed by atoms with Crippen molar-refractivity contribution in [3.05, 3.63) is 54.3 Å². The highest BCUT2D eigenvalue weighted by atomic mass is 16.3. The minimum absolute atomic E-state index is 0.0208. The summed E-state index contributed by atoms with van der Waals surface area (Å²) in [6.45, 7) is 0. The van der Waals surface area contributed by atoms with Crippen LogP contribution in [0.3, 0.4) is 0 Å². The third-order valence-electron chi connectivity index (χ3n) is 2.10. The highest BCUT2D eigenvalue weighted by Gasteiger charge is 2.25. The van der Waals surface area contributed by atoms with Crippen LogP contribution in [0.2, 0.25) is 0 Å². The summed E-state index contributed by atoms with van der Waals surface area (Å²) < 4.78 is 0. The predicted molar refractivity (Wildman–Crippen MR) is 63.6 cm³/mol. The van der Waals surface area contributed by atoms with E-state index in [-0.39, 0.29) is 12.2 Å². The maximum absolute atomic E-state index is 10.2. The highest BCUT2D eigenvalue weighted by Crippen LogP contribution is 2.18. The van der Waals surface area contributed by atoms with Gasteiger partial charge < -0.3 is 15.3 Å². The minimum atomic E-state index is -1.49. The average Bonchev–Trinajstić information content (AvgIpc) is 2.31. The lowest BCUT2D eigenvalue weighted by Gasteiger charge is -2.18. The van der Waals surface area contributed by atoms with Gasteiger partial charge in [-0.3, -0.25) is 4.79 Å². The SMILES string of the molecule is O=CC1(O)C=CC=C(O)C1.Oc1ccccc1. The molecular weight excluding hydrogens is 220 g/mol. The Morgan fingerprint density at radius 3 is 2.18 bits per heavy atom. The van der Waals surface area contributed by atoms with Crippen molar-refractivity contribution in [3.63, 3.8) is 0 Å². The Kier molecular flexibility index (Phi) is 4.48. The Hall–Kier alpha value is -2.07. The maximum Gasteiger partial charge on any atom is 0.155 e. The molecule has 0 radical (unpaired) electrons. The molecule has 0 aliphatic heterocycles. The number of aliphatic hydroxyl groups is 2. The molecule has 0 fully saturated rings. The Balaban J connectivity index is 0.000000181. The van der Waals surface area contributed by atoms with Gasteiger partial charge in [-0.15, -0.1) is 0 Å². The average molecular weight is 234 g/mol. The number of aldehydes is 1. The van der Waals surface area contributed by atoms with E-state index in [4.69, 9.17) is 10.2 Å². The van der Waals surface area contributed by atoms with Crippen LogP contribution in [-0.2, 0) is 4.79 Å². The molecule has 1 aliphatic rings. The molecule has 0 bridgehead atoms. The van der Waals surface area contributed by atoms with E-state index in [1.54, 1.807) is 24.3 Å². The number of para-hydroxylation sites is 1. The fourth-order valence-electron chi connectivity index (χ4n) is 1.24. The number of phenols is 1. The molecule has 1 aliphatic carbocycles. The zero-order chi connectivity index (χ0) is 12.7. The second kappa shape index (κ2) is 5.86. The van der Waals surface area contributed by atoms with E-state index in [1.165, 1.54) is 18.2 Å². The first-order valence-corrected chi connectivity index (χ1v) is 5.06. The van der Waals surface area contributed by atoms with Crippen molar-refractivity contribution in [1.82, 2.24) is 0 Å². The van der Waals surface area contributed by atoms with Gasteiger partial charge in [-0.05, 0) is 24.3 Å². The van der Waals surface area contributed by atoms with E-state index < -0.39 is 5.60 Å². The van der Waals surface area contributed by atoms with Crippen LogP contribution in [0.15, 0.2) is 54.3 Å². The largest absolute Gasteiger partial charge is 0.512 e. The van der Waals surface area contributed by atoms with Crippen LogP contribution < -0.4 is 0 Å². The van der Waals surface area contributed by atoms with E-state index in [0.717, 1.165) is 0 Å². The molecule has 1 aromatic rings. The van der Waals surface area contributed by atoms with Crippen molar-refractivity contribution in [2.75, 3.05) is 0 Å². The summed E-state index contributed by atoms with van der Waals surface area (Å²) in [6.07, 6.45) is 4.63. The summed E-state index contributed by atoms with van der Waals surface area (Å²) in [5, 5.41) is 26.7. The zero-order valence-electron chi connectivity index (χ0n) is 9.15. The molecule has 90 valence electrons. The number of hydrogen-bond acceptors (Lipinski definition) is 4. The summed E-state index contributed by atoms with van der Waals surface area (Å²) in [5.74, 6) is 0.347. The van der Waals surface area contributed by atoms with E-state index >= 15 is 0 Å². The van der Waals surface area contributed by atoms with Gasteiger partial charge in [-0.25, -0.2) is 0 Å². The van der Waals surface area contributed by atoms with Gasteiger partial charge in [-0.1, -0.05) is 24.3 Å². The number of hydrogen-bond donors (Lipinski definition) is 3. The van der Waals surface area contributed by atoms with Gasteiger partial charge in [0.15, 0.2) is 6.29 Å². The van der Waals surface area contributed by atoms with Gasteiger partial charge in [0.1, 0.15) is 11.4 Å². The lowest BCUT2D eigenvalue weighted by Crippen LogP contribution is -2.29. The number of allylic oxidation sites excluding steroid dienone is 2. The Morgan fingerprint density at radius 1 is 1.18 bits per heavy atom. The molecule has 0 spiro atoms. The first-order chi connectivity index (χ1) is 8.06. The molecule has 2 rings (SSSR count). The van der Waals surface area contributed by atoms with Gasteiger partial charge >= 0.3 is 0 Å². The smallest absolute Gasteiger partial charge is 0.155 e. The highest BCUT2D eigenvalue weighted by molar-refractivity contribution is 5.67. The van der Waals surface area contributed by atoms with Crippen LogP contribution in [0, 0.1) is 0 Å². The lowest BCUT2D eigenvalue weighted by atomic mass is 9.96.